The van der Waals surface area contributed by atoms with Crippen molar-refractivity contribution in [2.24, 2.45) is 46.3 Å². The maximum absolute atomic E-state index is 14.1. The summed E-state index contributed by atoms with van der Waals surface area (Å²) in [4.78, 5) is 26.0. The third-order valence-corrected chi connectivity index (χ3v) is 11.7. The number of allylic oxidation sites excluding steroid dienone is 2. The van der Waals surface area contributed by atoms with Crippen LogP contribution in [-0.2, 0) is 23.8 Å². The number of hydrogen-bond donors (Lipinski definition) is 0. The molecule has 6 aliphatic rings. The van der Waals surface area contributed by atoms with Gasteiger partial charge in [0.25, 0.3) is 0 Å². The molecule has 0 amide bonds. The van der Waals surface area contributed by atoms with Crippen LogP contribution in [-0.4, -0.2) is 36.4 Å². The largest absolute Gasteiger partial charge is 0.462 e. The number of fused-ring (bicyclic) bond motifs is 7. The molecule has 35 heavy (non-hydrogen) atoms. The Morgan fingerprint density at radius 1 is 1.11 bits per heavy atom. The van der Waals surface area contributed by atoms with Crippen LogP contribution in [0.1, 0.15) is 92.4 Å². The van der Waals surface area contributed by atoms with Gasteiger partial charge < -0.3 is 14.2 Å². The number of carbonyl (C=O) groups excluding carboxylic acids is 2. The van der Waals surface area contributed by atoms with Gasteiger partial charge in [-0.25, -0.2) is 0 Å². The summed E-state index contributed by atoms with van der Waals surface area (Å²) in [7, 11) is 0. The van der Waals surface area contributed by atoms with E-state index in [4.69, 9.17) is 14.2 Å². The Morgan fingerprint density at radius 2 is 1.91 bits per heavy atom. The van der Waals surface area contributed by atoms with Gasteiger partial charge in [-0.2, -0.15) is 0 Å². The van der Waals surface area contributed by atoms with Gasteiger partial charge in [-0.15, -0.1) is 0 Å². The minimum absolute atomic E-state index is 0.0386. The SMILES string of the molecule is CCC(=O)O[C@@H]1CC[C@]2(C)C3=CC(=O)[C@]4(C)[C@@H]5[C@H](C[C@@H]4[C@@H]3CC[C@H]2C1)O[C@]1(CC[C@H](C)CO1)[C@H]5C. The van der Waals surface area contributed by atoms with E-state index in [0.29, 0.717) is 35.9 Å². The number of carbonyl (C=O) groups is 2. The third kappa shape index (κ3) is 3.32. The lowest BCUT2D eigenvalue weighted by Crippen LogP contribution is -2.53. The van der Waals surface area contributed by atoms with Crippen molar-refractivity contribution in [1.82, 2.24) is 0 Å². The molecule has 0 bridgehead atoms. The van der Waals surface area contributed by atoms with E-state index in [0.717, 1.165) is 58.0 Å². The van der Waals surface area contributed by atoms with Crippen LogP contribution in [0, 0.1) is 46.3 Å². The molecule has 5 fully saturated rings. The molecule has 5 heteroatoms. The van der Waals surface area contributed by atoms with Crippen molar-refractivity contribution in [2.45, 2.75) is 110 Å². The Morgan fingerprint density at radius 3 is 2.63 bits per heavy atom. The molecule has 0 aromatic heterocycles. The summed E-state index contributed by atoms with van der Waals surface area (Å²) < 4.78 is 19.0. The fourth-order valence-electron chi connectivity index (χ4n) is 9.64. The molecule has 0 aromatic rings. The predicted molar refractivity (Wildman–Crippen MR) is 132 cm³/mol. The highest BCUT2D eigenvalue weighted by molar-refractivity contribution is 5.97. The molecule has 0 aromatic carbocycles. The van der Waals surface area contributed by atoms with E-state index < -0.39 is 5.79 Å². The van der Waals surface area contributed by atoms with Gasteiger partial charge in [0.2, 0.25) is 0 Å². The summed E-state index contributed by atoms with van der Waals surface area (Å²) in [5, 5.41) is 0. The lowest BCUT2D eigenvalue weighted by molar-refractivity contribution is -0.271. The first-order valence-electron chi connectivity index (χ1n) is 14.4. The van der Waals surface area contributed by atoms with E-state index in [1.165, 1.54) is 5.57 Å². The maximum atomic E-state index is 14.1. The van der Waals surface area contributed by atoms with Crippen LogP contribution in [0.5, 0.6) is 0 Å². The third-order valence-electron chi connectivity index (χ3n) is 11.7. The molecule has 6 rings (SSSR count). The Kier molecular flexibility index (Phi) is 5.62. The summed E-state index contributed by atoms with van der Waals surface area (Å²) in [6.45, 7) is 11.8. The lowest BCUT2D eigenvalue weighted by atomic mass is 9.48. The molecule has 0 unspecified atom stereocenters. The van der Waals surface area contributed by atoms with Gasteiger partial charge in [0, 0.05) is 30.1 Å². The first-order valence-corrected chi connectivity index (χ1v) is 14.4. The van der Waals surface area contributed by atoms with Crippen LogP contribution in [0.2, 0.25) is 0 Å². The molecule has 2 saturated heterocycles. The van der Waals surface area contributed by atoms with Crippen molar-refractivity contribution >= 4 is 11.8 Å². The highest BCUT2D eigenvalue weighted by atomic mass is 16.7. The van der Waals surface area contributed by atoms with Crippen LogP contribution in [0.4, 0.5) is 0 Å². The fraction of sp³-hybridized carbons (Fsp3) is 0.867. The zero-order valence-electron chi connectivity index (χ0n) is 22.3. The van der Waals surface area contributed by atoms with Crippen LogP contribution >= 0.6 is 0 Å². The van der Waals surface area contributed by atoms with Gasteiger partial charge in [-0.1, -0.05) is 40.2 Å². The first-order chi connectivity index (χ1) is 16.6. The predicted octanol–water partition coefficient (Wildman–Crippen LogP) is 5.85. The summed E-state index contributed by atoms with van der Waals surface area (Å²) in [6.07, 6.45) is 10.9. The summed E-state index contributed by atoms with van der Waals surface area (Å²) >= 11 is 0. The van der Waals surface area contributed by atoms with Crippen molar-refractivity contribution in [3.05, 3.63) is 11.6 Å². The van der Waals surface area contributed by atoms with Crippen LogP contribution < -0.4 is 0 Å². The topological polar surface area (TPSA) is 61.8 Å². The highest BCUT2D eigenvalue weighted by Crippen LogP contribution is 2.69. The summed E-state index contributed by atoms with van der Waals surface area (Å²) in [5.41, 5.74) is 1.10. The van der Waals surface area contributed by atoms with Crippen LogP contribution in [0.3, 0.4) is 0 Å². The zero-order chi connectivity index (χ0) is 24.8. The second kappa shape index (κ2) is 8.15. The molecule has 4 aliphatic carbocycles. The molecule has 1 spiro atoms. The minimum Gasteiger partial charge on any atom is -0.462 e. The summed E-state index contributed by atoms with van der Waals surface area (Å²) in [5.74, 6) is 2.14. The molecular weight excluding hydrogens is 440 g/mol. The van der Waals surface area contributed by atoms with Crippen molar-refractivity contribution in [3.63, 3.8) is 0 Å². The standard InChI is InChI=1S/C30H44O5/c1-6-26(32)34-20-10-11-28(4)19(13-20)7-8-21-22(28)15-25(31)29(5)23(21)14-24-27(29)18(3)30(35-24)12-9-17(2)16-33-30/h15,17-21,23-24,27H,6-14,16H2,1-5H3/t17-,18-,19-,20+,21+,23+,24-,27-,28-,29+,30+/m0/s1. The quantitative estimate of drug-likeness (QED) is 0.460. The molecule has 3 saturated carbocycles. The normalized spacial score (nSPS) is 52.8. The fourth-order valence-corrected chi connectivity index (χ4v) is 9.64. The van der Waals surface area contributed by atoms with Crippen molar-refractivity contribution < 1.29 is 23.8 Å². The Bertz CT molecular complexity index is 931. The van der Waals surface area contributed by atoms with Crippen molar-refractivity contribution in [1.29, 1.82) is 0 Å². The molecule has 2 aliphatic heterocycles. The number of esters is 1. The smallest absolute Gasteiger partial charge is 0.305 e. The zero-order valence-corrected chi connectivity index (χ0v) is 22.3. The van der Waals surface area contributed by atoms with Gasteiger partial charge >= 0.3 is 5.97 Å². The van der Waals surface area contributed by atoms with Crippen molar-refractivity contribution in [3.8, 4) is 0 Å². The van der Waals surface area contributed by atoms with Gasteiger partial charge in [0.05, 0.1) is 12.7 Å². The first kappa shape index (κ1) is 24.2. The monoisotopic (exact) mass is 484 g/mol. The molecular formula is C30H44O5. The van der Waals surface area contributed by atoms with Gasteiger partial charge in [-0.3, -0.25) is 9.59 Å². The highest BCUT2D eigenvalue weighted by Gasteiger charge is 2.70. The number of ketones is 1. The molecule has 194 valence electrons. The minimum atomic E-state index is -0.488. The molecule has 5 nitrogen and oxygen atoms in total. The van der Waals surface area contributed by atoms with E-state index >= 15 is 0 Å². The van der Waals surface area contributed by atoms with Crippen molar-refractivity contribution in [2.75, 3.05) is 6.61 Å². The van der Waals surface area contributed by atoms with E-state index in [2.05, 4.69) is 33.8 Å². The molecule has 0 N–H and O–H groups in total. The van der Waals surface area contributed by atoms with Crippen LogP contribution in [0.15, 0.2) is 11.6 Å². The number of ether oxygens (including phenoxy) is 3. The number of hydrogen-bond acceptors (Lipinski definition) is 5. The van der Waals surface area contributed by atoms with Crippen LogP contribution in [0.25, 0.3) is 0 Å². The Labute approximate surface area is 210 Å². The summed E-state index contributed by atoms with van der Waals surface area (Å²) in [6, 6.07) is 0. The maximum Gasteiger partial charge on any atom is 0.305 e. The molecule has 0 radical (unpaired) electrons. The van der Waals surface area contributed by atoms with Gasteiger partial charge in [0.1, 0.15) is 6.10 Å². The Balaban J connectivity index is 1.27. The average molecular weight is 485 g/mol. The molecule has 11 atom stereocenters. The van der Waals surface area contributed by atoms with Gasteiger partial charge in [-0.05, 0) is 80.1 Å². The second-order valence-corrected chi connectivity index (χ2v) is 13.4. The number of rotatable bonds is 2. The van der Waals surface area contributed by atoms with E-state index in [9.17, 15) is 9.59 Å². The van der Waals surface area contributed by atoms with E-state index in [1.807, 2.05) is 6.92 Å². The average Bonchev–Trinajstić information content (AvgIpc) is 3.28. The second-order valence-electron chi connectivity index (χ2n) is 13.4. The van der Waals surface area contributed by atoms with Gasteiger partial charge in [0.15, 0.2) is 11.6 Å². The Hall–Kier alpha value is -1.20. The molecule has 2 heterocycles. The van der Waals surface area contributed by atoms with E-state index in [-0.39, 0.29) is 40.8 Å². The lowest BCUT2D eigenvalue weighted by Gasteiger charge is -2.56. The van der Waals surface area contributed by atoms with E-state index in [1.54, 1.807) is 0 Å².